The first-order valence-electron chi connectivity index (χ1n) is 10.5. The summed E-state index contributed by atoms with van der Waals surface area (Å²) in [4.78, 5) is 12.8. The van der Waals surface area contributed by atoms with E-state index in [0.717, 1.165) is 16.8 Å². The predicted molar refractivity (Wildman–Crippen MR) is 134 cm³/mol. The number of benzene rings is 3. The lowest BCUT2D eigenvalue weighted by Crippen LogP contribution is -2.28. The summed E-state index contributed by atoms with van der Waals surface area (Å²) in [6, 6.07) is 18.6. The highest BCUT2D eigenvalue weighted by Gasteiger charge is 2.22. The number of carbonyl (C=O) groups is 1. The molecular formula is C25H21Cl2FN4OS. The molecule has 5 nitrogen and oxygen atoms in total. The van der Waals surface area contributed by atoms with E-state index in [2.05, 4.69) is 15.5 Å². The van der Waals surface area contributed by atoms with Crippen LogP contribution in [-0.2, 0) is 5.75 Å². The highest BCUT2D eigenvalue weighted by Crippen LogP contribution is 2.28. The molecule has 0 aliphatic rings. The molecule has 1 atom stereocenters. The van der Waals surface area contributed by atoms with Crippen LogP contribution in [0.25, 0.3) is 5.69 Å². The number of carbonyl (C=O) groups excluding carboxylic acids is 1. The van der Waals surface area contributed by atoms with Crippen LogP contribution in [0.5, 0.6) is 0 Å². The number of aromatic nitrogens is 3. The highest BCUT2D eigenvalue weighted by molar-refractivity contribution is 7.98. The standard InChI is InChI=1S/C25H21Cl2FN4OS/c1-15-3-10-20(11-4-15)32-23(16(2)29-24(33)18-7-12-21(26)22(27)13-18)30-31-25(32)34-14-17-5-8-19(28)9-6-17/h3-13,16H,14H2,1-2H3,(H,29,33)/t16-/m1/s1. The zero-order valence-corrected chi connectivity index (χ0v) is 20.8. The molecule has 0 aliphatic heterocycles. The molecule has 0 bridgehead atoms. The van der Waals surface area contributed by atoms with Crippen molar-refractivity contribution < 1.29 is 9.18 Å². The van der Waals surface area contributed by atoms with Crippen molar-refractivity contribution in [3.63, 3.8) is 0 Å². The van der Waals surface area contributed by atoms with Gasteiger partial charge in [-0.3, -0.25) is 9.36 Å². The molecule has 0 fully saturated rings. The van der Waals surface area contributed by atoms with Gasteiger partial charge in [0.15, 0.2) is 11.0 Å². The number of halogens is 3. The van der Waals surface area contributed by atoms with Crippen LogP contribution in [0.3, 0.4) is 0 Å². The van der Waals surface area contributed by atoms with Gasteiger partial charge in [-0.1, -0.05) is 64.8 Å². The van der Waals surface area contributed by atoms with E-state index in [0.29, 0.717) is 32.3 Å². The molecule has 0 radical (unpaired) electrons. The van der Waals surface area contributed by atoms with Crippen LogP contribution >= 0.6 is 35.0 Å². The van der Waals surface area contributed by atoms with Crippen molar-refractivity contribution in [2.75, 3.05) is 0 Å². The number of hydrogen-bond donors (Lipinski definition) is 1. The third kappa shape index (κ3) is 5.60. The summed E-state index contributed by atoms with van der Waals surface area (Å²) >= 11 is 13.5. The van der Waals surface area contributed by atoms with Crippen molar-refractivity contribution in [2.45, 2.75) is 30.8 Å². The van der Waals surface area contributed by atoms with Crippen LogP contribution < -0.4 is 5.32 Å². The number of nitrogens with zero attached hydrogens (tertiary/aromatic N) is 3. The minimum absolute atomic E-state index is 0.273. The van der Waals surface area contributed by atoms with Gasteiger partial charge in [-0.05, 0) is 61.9 Å². The fraction of sp³-hybridized carbons (Fsp3) is 0.160. The molecule has 4 rings (SSSR count). The van der Waals surface area contributed by atoms with Crippen molar-refractivity contribution in [1.29, 1.82) is 0 Å². The fourth-order valence-electron chi connectivity index (χ4n) is 3.30. The number of amides is 1. The van der Waals surface area contributed by atoms with Crippen molar-refractivity contribution in [3.8, 4) is 5.69 Å². The van der Waals surface area contributed by atoms with Gasteiger partial charge in [-0.2, -0.15) is 0 Å². The van der Waals surface area contributed by atoms with Crippen molar-refractivity contribution in [3.05, 3.63) is 105 Å². The molecule has 174 valence electrons. The molecule has 3 aromatic carbocycles. The Hall–Kier alpha value is -2.87. The molecule has 9 heteroatoms. The van der Waals surface area contributed by atoms with Crippen LogP contribution in [-0.4, -0.2) is 20.7 Å². The normalized spacial score (nSPS) is 11.9. The second kappa shape index (κ2) is 10.6. The Labute approximate surface area is 211 Å². The molecule has 4 aromatic rings. The van der Waals surface area contributed by atoms with E-state index in [4.69, 9.17) is 23.2 Å². The van der Waals surface area contributed by atoms with Crippen molar-refractivity contribution >= 4 is 40.9 Å². The Morgan fingerprint density at radius 3 is 2.41 bits per heavy atom. The Balaban J connectivity index is 1.61. The molecule has 1 aromatic heterocycles. The van der Waals surface area contributed by atoms with Crippen LogP contribution in [0.4, 0.5) is 4.39 Å². The first-order valence-corrected chi connectivity index (χ1v) is 12.2. The molecule has 1 amide bonds. The quantitative estimate of drug-likeness (QED) is 0.275. The average Bonchev–Trinajstić information content (AvgIpc) is 3.25. The summed E-state index contributed by atoms with van der Waals surface area (Å²) < 4.78 is 15.2. The second-order valence-electron chi connectivity index (χ2n) is 7.75. The SMILES string of the molecule is Cc1ccc(-n2c(SCc3ccc(F)cc3)nnc2[C@@H](C)NC(=O)c2ccc(Cl)c(Cl)c2)cc1. The fourth-order valence-corrected chi connectivity index (χ4v) is 4.51. The maximum absolute atomic E-state index is 13.2. The molecule has 34 heavy (non-hydrogen) atoms. The molecule has 0 saturated heterocycles. The summed E-state index contributed by atoms with van der Waals surface area (Å²) in [5.74, 6) is 0.600. The van der Waals surface area contributed by atoms with Gasteiger partial charge < -0.3 is 5.32 Å². The van der Waals surface area contributed by atoms with E-state index in [1.54, 1.807) is 24.3 Å². The lowest BCUT2D eigenvalue weighted by Gasteiger charge is -2.17. The Bertz CT molecular complexity index is 1310. The van der Waals surface area contributed by atoms with Gasteiger partial charge in [0.1, 0.15) is 5.82 Å². The number of thioether (sulfide) groups is 1. The molecule has 0 spiro atoms. The lowest BCUT2D eigenvalue weighted by atomic mass is 10.2. The number of nitrogens with one attached hydrogen (secondary N) is 1. The van der Waals surface area contributed by atoms with E-state index in [1.807, 2.05) is 42.7 Å². The zero-order chi connectivity index (χ0) is 24.2. The number of aryl methyl sites for hydroxylation is 1. The van der Waals surface area contributed by atoms with Gasteiger partial charge in [-0.15, -0.1) is 10.2 Å². The molecular weight excluding hydrogens is 494 g/mol. The molecule has 0 saturated carbocycles. The average molecular weight is 515 g/mol. The van der Waals surface area contributed by atoms with Crippen LogP contribution in [0.15, 0.2) is 71.9 Å². The second-order valence-corrected chi connectivity index (χ2v) is 9.51. The minimum atomic E-state index is -0.448. The smallest absolute Gasteiger partial charge is 0.251 e. The first-order chi connectivity index (χ1) is 16.3. The Kier molecular flexibility index (Phi) is 7.56. The van der Waals surface area contributed by atoms with E-state index in [-0.39, 0.29) is 11.7 Å². The molecule has 0 aliphatic carbocycles. The van der Waals surface area contributed by atoms with Gasteiger partial charge in [0.05, 0.1) is 16.1 Å². The third-order valence-corrected chi connectivity index (χ3v) is 6.89. The summed E-state index contributed by atoms with van der Waals surface area (Å²) in [7, 11) is 0. The zero-order valence-electron chi connectivity index (χ0n) is 18.4. The summed E-state index contributed by atoms with van der Waals surface area (Å²) in [6.07, 6.45) is 0. The van der Waals surface area contributed by atoms with Crippen LogP contribution in [0, 0.1) is 12.7 Å². The number of rotatable bonds is 7. The Morgan fingerprint density at radius 1 is 1.03 bits per heavy atom. The molecule has 1 N–H and O–H groups in total. The van der Waals surface area contributed by atoms with Gasteiger partial charge >= 0.3 is 0 Å². The monoisotopic (exact) mass is 514 g/mol. The van der Waals surface area contributed by atoms with Gasteiger partial charge in [0.25, 0.3) is 5.91 Å². The van der Waals surface area contributed by atoms with E-state index >= 15 is 0 Å². The van der Waals surface area contributed by atoms with E-state index in [1.165, 1.54) is 30.0 Å². The summed E-state index contributed by atoms with van der Waals surface area (Å²) in [5.41, 5.74) is 3.36. The van der Waals surface area contributed by atoms with Crippen molar-refractivity contribution in [1.82, 2.24) is 20.1 Å². The maximum Gasteiger partial charge on any atom is 0.251 e. The third-order valence-electron chi connectivity index (χ3n) is 5.15. The minimum Gasteiger partial charge on any atom is -0.342 e. The Morgan fingerprint density at radius 2 is 1.74 bits per heavy atom. The van der Waals surface area contributed by atoms with Crippen LogP contribution in [0.2, 0.25) is 10.0 Å². The van der Waals surface area contributed by atoms with E-state index in [9.17, 15) is 9.18 Å². The highest BCUT2D eigenvalue weighted by atomic mass is 35.5. The van der Waals surface area contributed by atoms with Gasteiger partial charge in [0.2, 0.25) is 0 Å². The van der Waals surface area contributed by atoms with Gasteiger partial charge in [-0.25, -0.2) is 4.39 Å². The van der Waals surface area contributed by atoms with Crippen molar-refractivity contribution in [2.24, 2.45) is 0 Å². The first kappa shape index (κ1) is 24.3. The van der Waals surface area contributed by atoms with Crippen LogP contribution in [0.1, 0.15) is 40.3 Å². The lowest BCUT2D eigenvalue weighted by molar-refractivity contribution is 0.0938. The number of hydrogen-bond acceptors (Lipinski definition) is 4. The maximum atomic E-state index is 13.2. The predicted octanol–water partition coefficient (Wildman–Crippen LogP) is 6.80. The molecule has 1 heterocycles. The summed E-state index contributed by atoms with van der Waals surface area (Å²) in [5, 5.41) is 13.1. The molecule has 0 unspecified atom stereocenters. The van der Waals surface area contributed by atoms with Gasteiger partial charge in [0, 0.05) is 17.0 Å². The topological polar surface area (TPSA) is 59.8 Å². The summed E-state index contributed by atoms with van der Waals surface area (Å²) in [6.45, 7) is 3.86. The van der Waals surface area contributed by atoms with E-state index < -0.39 is 6.04 Å². The largest absolute Gasteiger partial charge is 0.342 e.